The number of likely N-dealkylation sites (tertiary alicyclic amines) is 1. The molecule has 3 rings (SSSR count). The molecule has 6 nitrogen and oxygen atoms in total. The van der Waals surface area contributed by atoms with Crippen molar-refractivity contribution in [2.24, 2.45) is 10.8 Å². The summed E-state index contributed by atoms with van der Waals surface area (Å²) in [6, 6.07) is 4.63. The van der Waals surface area contributed by atoms with Crippen molar-refractivity contribution in [3.8, 4) is 0 Å². The van der Waals surface area contributed by atoms with Gasteiger partial charge in [-0.3, -0.25) is 14.4 Å². The van der Waals surface area contributed by atoms with Gasteiger partial charge in [0, 0.05) is 18.2 Å². The van der Waals surface area contributed by atoms with Crippen molar-refractivity contribution in [2.45, 2.75) is 46.1 Å². The third kappa shape index (κ3) is 5.23. The van der Waals surface area contributed by atoms with Gasteiger partial charge in [0.05, 0.1) is 10.0 Å². The average Bonchev–Trinajstić information content (AvgIpc) is 2.88. The predicted molar refractivity (Wildman–Crippen MR) is 111 cm³/mol. The molecule has 2 fully saturated rings. The summed E-state index contributed by atoms with van der Waals surface area (Å²) in [7, 11) is 0. The maximum Gasteiger partial charge on any atom is 0.325 e. The lowest BCUT2D eigenvalue weighted by molar-refractivity contribution is -0.151. The number of fused-ring (bicyclic) bond motifs is 2. The summed E-state index contributed by atoms with van der Waals surface area (Å²) in [5, 5.41) is 3.04. The zero-order chi connectivity index (χ0) is 21.4. The van der Waals surface area contributed by atoms with Gasteiger partial charge < -0.3 is 15.0 Å². The molecule has 0 spiro atoms. The van der Waals surface area contributed by atoms with E-state index < -0.39 is 11.9 Å². The molecule has 1 aliphatic heterocycles. The Morgan fingerprint density at radius 2 is 1.90 bits per heavy atom. The molecule has 1 saturated carbocycles. The fourth-order valence-electron chi connectivity index (χ4n) is 4.92. The fraction of sp³-hybridized carbons (Fsp3) is 0.571. The molecule has 8 heteroatoms. The highest BCUT2D eigenvalue weighted by molar-refractivity contribution is 6.42. The van der Waals surface area contributed by atoms with E-state index in [2.05, 4.69) is 26.1 Å². The molecule has 1 aromatic rings. The number of rotatable bonds is 5. The number of hydrogen-bond donors (Lipinski definition) is 1. The first-order chi connectivity index (χ1) is 13.5. The first kappa shape index (κ1) is 21.9. The lowest BCUT2D eigenvalue weighted by Gasteiger charge is -2.39. The van der Waals surface area contributed by atoms with Crippen molar-refractivity contribution in [3.63, 3.8) is 0 Å². The normalized spacial score (nSPS) is 24.9. The molecule has 2 bridgehead atoms. The number of benzene rings is 1. The molecule has 0 radical (unpaired) electrons. The van der Waals surface area contributed by atoms with E-state index in [0.717, 1.165) is 19.3 Å². The van der Waals surface area contributed by atoms with Crippen LogP contribution in [0.25, 0.3) is 0 Å². The van der Waals surface area contributed by atoms with E-state index in [1.807, 2.05) is 4.90 Å². The monoisotopic (exact) mass is 440 g/mol. The van der Waals surface area contributed by atoms with Gasteiger partial charge in [0.2, 0.25) is 0 Å². The molecule has 2 atom stereocenters. The molecule has 0 aromatic heterocycles. The molecule has 1 aromatic carbocycles. The predicted octanol–water partition coefficient (Wildman–Crippen LogP) is 3.69. The van der Waals surface area contributed by atoms with Crippen molar-refractivity contribution < 1.29 is 19.1 Å². The quantitative estimate of drug-likeness (QED) is 0.708. The van der Waals surface area contributed by atoms with Crippen LogP contribution < -0.4 is 5.32 Å². The van der Waals surface area contributed by atoms with Crippen molar-refractivity contribution in [3.05, 3.63) is 33.8 Å². The van der Waals surface area contributed by atoms with Crippen LogP contribution in [0, 0.1) is 10.8 Å². The zero-order valence-electron chi connectivity index (χ0n) is 16.9. The maximum absolute atomic E-state index is 12.6. The second-order valence-electron chi connectivity index (χ2n) is 9.21. The second-order valence-corrected chi connectivity index (χ2v) is 10.0. The van der Waals surface area contributed by atoms with Gasteiger partial charge in [-0.05, 0) is 48.3 Å². The number of hydrogen-bond acceptors (Lipinski definition) is 4. The topological polar surface area (TPSA) is 75.7 Å². The highest BCUT2D eigenvalue weighted by atomic mass is 35.5. The summed E-state index contributed by atoms with van der Waals surface area (Å²) >= 11 is 11.7. The van der Waals surface area contributed by atoms with Crippen LogP contribution in [0.15, 0.2) is 18.2 Å². The smallest absolute Gasteiger partial charge is 0.325 e. The van der Waals surface area contributed by atoms with E-state index in [1.165, 1.54) is 18.2 Å². The summed E-state index contributed by atoms with van der Waals surface area (Å²) in [5.74, 6) is -1.32. The molecule has 2 aliphatic rings. The Kier molecular flexibility index (Phi) is 6.16. The van der Waals surface area contributed by atoms with Gasteiger partial charge in [0.1, 0.15) is 6.54 Å². The van der Waals surface area contributed by atoms with Crippen LogP contribution in [-0.4, -0.2) is 48.4 Å². The number of carbonyl (C=O) groups is 3. The second kappa shape index (κ2) is 8.15. The van der Waals surface area contributed by atoms with E-state index in [1.54, 1.807) is 0 Å². The Morgan fingerprint density at radius 3 is 2.59 bits per heavy atom. The summed E-state index contributed by atoms with van der Waals surface area (Å²) in [6.45, 7) is 6.75. The summed E-state index contributed by atoms with van der Waals surface area (Å²) < 4.78 is 5.09. The minimum Gasteiger partial charge on any atom is -0.454 e. The Balaban J connectivity index is 1.46. The van der Waals surface area contributed by atoms with Gasteiger partial charge in [-0.25, -0.2) is 0 Å². The SMILES string of the molecule is CC1(C)C[C@@H]2C[C@@](C)(CN2C(=O)COC(=O)CNC(=O)c2ccc(Cl)c(Cl)c2)C1. The van der Waals surface area contributed by atoms with Gasteiger partial charge >= 0.3 is 5.97 Å². The number of carbonyl (C=O) groups excluding carboxylic acids is 3. The van der Waals surface area contributed by atoms with Crippen LogP contribution in [0.2, 0.25) is 10.0 Å². The summed E-state index contributed by atoms with van der Waals surface area (Å²) in [6.07, 6.45) is 3.04. The number of ether oxygens (including phenoxy) is 1. The lowest BCUT2D eigenvalue weighted by atomic mass is 9.65. The Hall–Kier alpha value is -1.79. The number of nitrogens with zero attached hydrogens (tertiary/aromatic N) is 1. The largest absolute Gasteiger partial charge is 0.454 e. The minimum atomic E-state index is -0.666. The number of nitrogens with one attached hydrogen (secondary N) is 1. The van der Waals surface area contributed by atoms with Crippen LogP contribution in [-0.2, 0) is 14.3 Å². The highest BCUT2D eigenvalue weighted by Crippen LogP contribution is 2.52. The van der Waals surface area contributed by atoms with E-state index >= 15 is 0 Å². The summed E-state index contributed by atoms with van der Waals surface area (Å²) in [4.78, 5) is 38.5. The van der Waals surface area contributed by atoms with Gasteiger partial charge in [0.15, 0.2) is 6.61 Å². The number of esters is 1. The first-order valence-electron chi connectivity index (χ1n) is 9.66. The Bertz CT molecular complexity index is 842. The van der Waals surface area contributed by atoms with E-state index in [-0.39, 0.29) is 46.5 Å². The van der Waals surface area contributed by atoms with Crippen molar-refractivity contribution in [1.82, 2.24) is 10.2 Å². The standard InChI is InChI=1S/C21H26Cl2N2O4/c1-20(2)7-14-8-21(3,11-20)12-25(14)17(26)10-29-18(27)9-24-19(28)13-4-5-15(22)16(23)6-13/h4-6,14H,7-12H2,1-3H3,(H,24,28)/t14-,21-/m1/s1. The van der Waals surface area contributed by atoms with Crippen molar-refractivity contribution >= 4 is 41.0 Å². The van der Waals surface area contributed by atoms with Crippen molar-refractivity contribution in [1.29, 1.82) is 0 Å². The van der Waals surface area contributed by atoms with E-state index in [9.17, 15) is 14.4 Å². The van der Waals surface area contributed by atoms with Crippen LogP contribution in [0.3, 0.4) is 0 Å². The lowest BCUT2D eigenvalue weighted by Crippen LogP contribution is -2.40. The molecule has 0 unspecified atom stereocenters. The molecular formula is C21H26Cl2N2O4. The first-order valence-corrected chi connectivity index (χ1v) is 10.4. The molecule has 1 saturated heterocycles. The molecule has 1 aliphatic carbocycles. The van der Waals surface area contributed by atoms with Crippen LogP contribution in [0.1, 0.15) is 50.4 Å². The third-order valence-electron chi connectivity index (χ3n) is 5.67. The van der Waals surface area contributed by atoms with Crippen LogP contribution in [0.4, 0.5) is 0 Å². The molecule has 158 valence electrons. The van der Waals surface area contributed by atoms with Crippen LogP contribution in [0.5, 0.6) is 0 Å². The Labute approximate surface area is 180 Å². The molecular weight excluding hydrogens is 415 g/mol. The minimum absolute atomic E-state index is 0.125. The van der Waals surface area contributed by atoms with Gasteiger partial charge in [0.25, 0.3) is 11.8 Å². The molecule has 1 N–H and O–H groups in total. The van der Waals surface area contributed by atoms with Gasteiger partial charge in [-0.1, -0.05) is 44.0 Å². The average molecular weight is 441 g/mol. The number of amides is 2. The van der Waals surface area contributed by atoms with Crippen molar-refractivity contribution in [2.75, 3.05) is 19.7 Å². The Morgan fingerprint density at radius 1 is 1.17 bits per heavy atom. The van der Waals surface area contributed by atoms with E-state index in [4.69, 9.17) is 27.9 Å². The van der Waals surface area contributed by atoms with Gasteiger partial charge in [-0.2, -0.15) is 0 Å². The zero-order valence-corrected chi connectivity index (χ0v) is 18.4. The maximum atomic E-state index is 12.6. The number of halogens is 2. The molecule has 29 heavy (non-hydrogen) atoms. The van der Waals surface area contributed by atoms with E-state index in [0.29, 0.717) is 11.6 Å². The van der Waals surface area contributed by atoms with Crippen LogP contribution >= 0.6 is 23.2 Å². The van der Waals surface area contributed by atoms with Gasteiger partial charge in [-0.15, -0.1) is 0 Å². The molecule has 2 amide bonds. The third-order valence-corrected chi connectivity index (χ3v) is 6.41. The highest BCUT2D eigenvalue weighted by Gasteiger charge is 2.50. The summed E-state index contributed by atoms with van der Waals surface area (Å²) in [5.41, 5.74) is 0.612. The molecule has 1 heterocycles. The fourth-order valence-corrected chi connectivity index (χ4v) is 5.22.